The van der Waals surface area contributed by atoms with E-state index in [0.717, 1.165) is 5.56 Å². The van der Waals surface area contributed by atoms with Gasteiger partial charge in [-0.1, -0.05) is 17.7 Å². The lowest BCUT2D eigenvalue weighted by Gasteiger charge is -2.08. The van der Waals surface area contributed by atoms with E-state index in [1.807, 2.05) is 6.92 Å². The maximum atomic E-state index is 10.9. The highest BCUT2D eigenvalue weighted by Gasteiger charge is 2.16. The summed E-state index contributed by atoms with van der Waals surface area (Å²) >= 11 is 5.73. The van der Waals surface area contributed by atoms with Crippen molar-refractivity contribution in [3.05, 3.63) is 57.2 Å². The smallest absolute Gasteiger partial charge is 0.313 e. The lowest BCUT2D eigenvalue weighted by atomic mass is 10.2. The molecule has 0 aliphatic carbocycles. The van der Waals surface area contributed by atoms with Gasteiger partial charge in [0, 0.05) is 29.4 Å². The Morgan fingerprint density at radius 2 is 2.15 bits per heavy atom. The third-order valence-electron chi connectivity index (χ3n) is 2.62. The van der Waals surface area contributed by atoms with E-state index in [1.165, 1.54) is 18.2 Å². The van der Waals surface area contributed by atoms with Crippen molar-refractivity contribution in [1.82, 2.24) is 4.98 Å². The van der Waals surface area contributed by atoms with Crippen LogP contribution in [0, 0.1) is 10.1 Å². The number of nitrogens with two attached hydrogens (primary N) is 1. The van der Waals surface area contributed by atoms with Crippen LogP contribution in [0.25, 0.3) is 0 Å². The molecular weight excluding hydrogens is 282 g/mol. The van der Waals surface area contributed by atoms with Crippen molar-refractivity contribution in [2.75, 3.05) is 0 Å². The van der Waals surface area contributed by atoms with Crippen LogP contribution in [0.5, 0.6) is 11.6 Å². The Bertz CT molecular complexity index is 629. The first kappa shape index (κ1) is 14.2. The molecule has 0 bridgehead atoms. The summed E-state index contributed by atoms with van der Waals surface area (Å²) in [5.41, 5.74) is 6.35. The summed E-state index contributed by atoms with van der Waals surface area (Å²) in [5.74, 6) is 0.334. The average molecular weight is 294 g/mol. The third-order valence-corrected chi connectivity index (χ3v) is 2.85. The minimum Gasteiger partial charge on any atom is -0.432 e. The molecule has 2 N–H and O–H groups in total. The van der Waals surface area contributed by atoms with Crippen LogP contribution in [0.3, 0.4) is 0 Å². The Kier molecular flexibility index (Phi) is 4.16. The van der Waals surface area contributed by atoms with Gasteiger partial charge in [-0.25, -0.2) is 4.98 Å². The quantitative estimate of drug-likeness (QED) is 0.688. The van der Waals surface area contributed by atoms with Gasteiger partial charge in [0.05, 0.1) is 4.92 Å². The fraction of sp³-hybridized carbons (Fsp3) is 0.154. The molecular formula is C13H12ClN3O3. The van der Waals surface area contributed by atoms with Crippen molar-refractivity contribution in [3.8, 4) is 11.6 Å². The van der Waals surface area contributed by atoms with Crippen LogP contribution in [0.4, 0.5) is 5.69 Å². The van der Waals surface area contributed by atoms with Crippen LogP contribution >= 0.6 is 11.6 Å². The van der Waals surface area contributed by atoms with Crippen molar-refractivity contribution in [3.63, 3.8) is 0 Å². The van der Waals surface area contributed by atoms with Crippen LogP contribution in [0.2, 0.25) is 5.02 Å². The summed E-state index contributed by atoms with van der Waals surface area (Å²) in [6, 6.07) is 7.40. The molecule has 0 fully saturated rings. The first-order valence-electron chi connectivity index (χ1n) is 5.80. The van der Waals surface area contributed by atoms with E-state index in [0.29, 0.717) is 0 Å². The van der Waals surface area contributed by atoms with Gasteiger partial charge in [0.25, 0.3) is 0 Å². The summed E-state index contributed by atoms with van der Waals surface area (Å²) in [5, 5.41) is 11.2. The second-order valence-electron chi connectivity index (χ2n) is 4.19. The molecule has 1 aromatic heterocycles. The normalized spacial score (nSPS) is 11.9. The van der Waals surface area contributed by atoms with Crippen molar-refractivity contribution >= 4 is 17.3 Å². The summed E-state index contributed by atoms with van der Waals surface area (Å²) in [4.78, 5) is 14.4. The molecule has 6 nitrogen and oxygen atoms in total. The summed E-state index contributed by atoms with van der Waals surface area (Å²) in [6.45, 7) is 1.83. The molecule has 1 aromatic carbocycles. The Morgan fingerprint density at radius 1 is 1.40 bits per heavy atom. The molecule has 0 spiro atoms. The highest BCUT2D eigenvalue weighted by atomic mass is 35.5. The first-order valence-corrected chi connectivity index (χ1v) is 6.18. The van der Waals surface area contributed by atoms with Crippen LogP contribution in [-0.4, -0.2) is 9.91 Å². The molecule has 7 heteroatoms. The number of hydrogen-bond donors (Lipinski definition) is 1. The van der Waals surface area contributed by atoms with E-state index < -0.39 is 4.92 Å². The molecule has 0 aliphatic heterocycles. The number of nitrogens with zero attached hydrogens (tertiary/aromatic N) is 2. The zero-order chi connectivity index (χ0) is 14.7. The van der Waals surface area contributed by atoms with Gasteiger partial charge >= 0.3 is 5.69 Å². The van der Waals surface area contributed by atoms with Crippen molar-refractivity contribution in [1.29, 1.82) is 0 Å². The number of aromatic nitrogens is 1. The molecule has 1 atom stereocenters. The highest BCUT2D eigenvalue weighted by molar-refractivity contribution is 6.30. The molecule has 0 radical (unpaired) electrons. The Morgan fingerprint density at radius 3 is 2.70 bits per heavy atom. The number of nitro groups is 1. The number of pyridine rings is 1. The second kappa shape index (κ2) is 5.85. The number of nitro benzene ring substituents is 1. The number of rotatable bonds is 4. The van der Waals surface area contributed by atoms with E-state index in [9.17, 15) is 10.1 Å². The Labute approximate surface area is 120 Å². The van der Waals surface area contributed by atoms with E-state index in [1.54, 1.807) is 18.3 Å². The monoisotopic (exact) mass is 293 g/mol. The molecule has 20 heavy (non-hydrogen) atoms. The van der Waals surface area contributed by atoms with Gasteiger partial charge in [0.1, 0.15) is 0 Å². The summed E-state index contributed by atoms with van der Waals surface area (Å²) in [6.07, 6.45) is 1.57. The van der Waals surface area contributed by atoms with Crippen molar-refractivity contribution < 1.29 is 9.66 Å². The zero-order valence-electron chi connectivity index (χ0n) is 10.6. The summed E-state index contributed by atoms with van der Waals surface area (Å²) in [7, 11) is 0. The molecule has 0 unspecified atom stereocenters. The SMILES string of the molecule is C[C@@H](N)c1ccc(Oc2ccc(Cl)cc2[N+](=O)[O-])nc1. The predicted octanol–water partition coefficient (Wildman–Crippen LogP) is 3.46. The fourth-order valence-corrected chi connectivity index (χ4v) is 1.72. The zero-order valence-corrected chi connectivity index (χ0v) is 11.4. The van der Waals surface area contributed by atoms with Crippen LogP contribution in [-0.2, 0) is 0 Å². The number of benzene rings is 1. The van der Waals surface area contributed by atoms with Gasteiger partial charge in [0.15, 0.2) is 0 Å². The van der Waals surface area contributed by atoms with Gasteiger partial charge in [-0.2, -0.15) is 0 Å². The minimum absolute atomic E-state index is 0.0837. The van der Waals surface area contributed by atoms with Gasteiger partial charge in [0.2, 0.25) is 11.6 Å². The molecule has 0 amide bonds. The maximum absolute atomic E-state index is 10.9. The number of halogens is 1. The molecule has 0 aliphatic rings. The minimum atomic E-state index is -0.558. The average Bonchev–Trinajstić information content (AvgIpc) is 2.41. The van der Waals surface area contributed by atoms with Crippen LogP contribution in [0.15, 0.2) is 36.5 Å². The lowest BCUT2D eigenvalue weighted by Crippen LogP contribution is -2.05. The van der Waals surface area contributed by atoms with Gasteiger partial charge < -0.3 is 10.5 Å². The largest absolute Gasteiger partial charge is 0.432 e. The van der Waals surface area contributed by atoms with Gasteiger partial charge in [-0.3, -0.25) is 10.1 Å². The van der Waals surface area contributed by atoms with E-state index >= 15 is 0 Å². The van der Waals surface area contributed by atoms with Crippen LogP contribution in [0.1, 0.15) is 18.5 Å². The van der Waals surface area contributed by atoms with E-state index in [4.69, 9.17) is 22.1 Å². The standard InChI is InChI=1S/C13H12ClN3O3/c1-8(15)9-2-5-13(16-7-9)20-12-4-3-10(14)6-11(12)17(18)19/h2-8H,15H2,1H3/t8-/m1/s1. The fourth-order valence-electron chi connectivity index (χ4n) is 1.55. The van der Waals surface area contributed by atoms with Gasteiger partial charge in [-0.05, 0) is 24.6 Å². The lowest BCUT2D eigenvalue weighted by molar-refractivity contribution is -0.385. The number of ether oxygens (including phenoxy) is 1. The van der Waals surface area contributed by atoms with Crippen LogP contribution < -0.4 is 10.5 Å². The van der Waals surface area contributed by atoms with Crippen molar-refractivity contribution in [2.24, 2.45) is 5.73 Å². The Hall–Kier alpha value is -2.18. The van der Waals surface area contributed by atoms with E-state index in [-0.39, 0.29) is 28.4 Å². The van der Waals surface area contributed by atoms with Gasteiger partial charge in [-0.15, -0.1) is 0 Å². The van der Waals surface area contributed by atoms with Crippen molar-refractivity contribution in [2.45, 2.75) is 13.0 Å². The third kappa shape index (κ3) is 3.23. The summed E-state index contributed by atoms with van der Waals surface area (Å²) < 4.78 is 5.41. The second-order valence-corrected chi connectivity index (χ2v) is 4.63. The molecule has 2 rings (SSSR count). The maximum Gasteiger partial charge on any atom is 0.313 e. The topological polar surface area (TPSA) is 91.3 Å². The number of hydrogen-bond acceptors (Lipinski definition) is 5. The highest BCUT2D eigenvalue weighted by Crippen LogP contribution is 2.32. The molecule has 104 valence electrons. The predicted molar refractivity (Wildman–Crippen MR) is 75.0 cm³/mol. The molecule has 1 heterocycles. The first-order chi connectivity index (χ1) is 9.47. The molecule has 0 saturated heterocycles. The molecule has 0 saturated carbocycles. The van der Waals surface area contributed by atoms with E-state index in [2.05, 4.69) is 4.98 Å². The molecule has 2 aromatic rings. The Balaban J connectivity index is 2.28.